The number of benzene rings is 3. The van der Waals surface area contributed by atoms with Gasteiger partial charge in [0.1, 0.15) is 5.75 Å². The van der Waals surface area contributed by atoms with E-state index >= 15 is 0 Å². The number of hydrogen-bond acceptors (Lipinski definition) is 4. The Morgan fingerprint density at radius 2 is 1.68 bits per heavy atom. The van der Waals surface area contributed by atoms with Crippen molar-refractivity contribution in [3.05, 3.63) is 72.3 Å². The van der Waals surface area contributed by atoms with Gasteiger partial charge in [0.25, 0.3) is 0 Å². The van der Waals surface area contributed by atoms with Crippen molar-refractivity contribution in [2.75, 3.05) is 26.7 Å². The van der Waals surface area contributed by atoms with Gasteiger partial charge < -0.3 is 9.64 Å². The van der Waals surface area contributed by atoms with Gasteiger partial charge in [-0.2, -0.15) is 4.31 Å². The van der Waals surface area contributed by atoms with Crippen LogP contribution in [0.15, 0.2) is 71.6 Å². The van der Waals surface area contributed by atoms with Gasteiger partial charge in [-0.15, -0.1) is 0 Å². The molecule has 1 aliphatic rings. The maximum Gasteiger partial charge on any atom is 0.243 e. The number of amides is 1. The molecule has 0 spiro atoms. The highest BCUT2D eigenvalue weighted by molar-refractivity contribution is 7.89. The van der Waals surface area contributed by atoms with Crippen LogP contribution in [0, 0.1) is 5.92 Å². The van der Waals surface area contributed by atoms with Gasteiger partial charge in [-0.1, -0.05) is 55.5 Å². The normalized spacial score (nSPS) is 15.4. The number of piperidine rings is 1. The third-order valence-electron chi connectivity index (χ3n) is 6.41. The quantitative estimate of drug-likeness (QED) is 0.469. The number of rotatable bonds is 8. The fraction of sp³-hybridized carbons (Fsp3) is 0.370. The molecule has 180 valence electrons. The molecule has 34 heavy (non-hydrogen) atoms. The predicted molar refractivity (Wildman–Crippen MR) is 134 cm³/mol. The first-order valence-corrected chi connectivity index (χ1v) is 13.3. The second-order valence-corrected chi connectivity index (χ2v) is 10.7. The zero-order chi connectivity index (χ0) is 24.1. The van der Waals surface area contributed by atoms with Crippen molar-refractivity contribution >= 4 is 26.7 Å². The lowest BCUT2D eigenvalue weighted by Gasteiger charge is -2.32. The third-order valence-corrected chi connectivity index (χ3v) is 8.33. The fourth-order valence-corrected chi connectivity index (χ4v) is 6.03. The van der Waals surface area contributed by atoms with Crippen LogP contribution in [0.3, 0.4) is 0 Å². The number of ether oxygens (including phenoxy) is 1. The van der Waals surface area contributed by atoms with Crippen LogP contribution in [0.4, 0.5) is 0 Å². The van der Waals surface area contributed by atoms with E-state index in [-0.39, 0.29) is 11.8 Å². The van der Waals surface area contributed by atoms with Crippen LogP contribution >= 0.6 is 0 Å². The lowest BCUT2D eigenvalue weighted by atomic mass is 9.96. The van der Waals surface area contributed by atoms with Crippen LogP contribution in [0.25, 0.3) is 10.8 Å². The second kappa shape index (κ2) is 10.6. The molecule has 1 heterocycles. The molecule has 1 fully saturated rings. The van der Waals surface area contributed by atoms with Crippen molar-refractivity contribution in [3.8, 4) is 5.75 Å². The molecule has 3 aromatic carbocycles. The molecule has 1 aliphatic heterocycles. The van der Waals surface area contributed by atoms with Crippen LogP contribution in [-0.4, -0.2) is 50.3 Å². The minimum absolute atomic E-state index is 0.0473. The highest BCUT2D eigenvalue weighted by Gasteiger charge is 2.33. The second-order valence-electron chi connectivity index (χ2n) is 8.80. The molecule has 4 rings (SSSR count). The summed E-state index contributed by atoms with van der Waals surface area (Å²) in [7, 11) is -1.71. The number of hydrogen-bond donors (Lipinski definition) is 0. The minimum atomic E-state index is -3.53. The first-order chi connectivity index (χ1) is 16.4. The van der Waals surface area contributed by atoms with E-state index in [0.717, 1.165) is 28.5 Å². The van der Waals surface area contributed by atoms with E-state index in [1.165, 1.54) is 4.31 Å². The number of carbonyl (C=O) groups excluding carboxylic acids is 1. The molecule has 0 radical (unpaired) electrons. The molecule has 6 nitrogen and oxygen atoms in total. The molecule has 0 atom stereocenters. The molecule has 0 saturated carbocycles. The molecule has 0 unspecified atom stereocenters. The Balaban J connectivity index is 1.46. The summed E-state index contributed by atoms with van der Waals surface area (Å²) in [6.07, 6.45) is 1.94. The summed E-state index contributed by atoms with van der Waals surface area (Å²) >= 11 is 0. The van der Waals surface area contributed by atoms with E-state index < -0.39 is 10.0 Å². The largest absolute Gasteiger partial charge is 0.493 e. The molecule has 1 saturated heterocycles. The number of nitrogens with zero attached hydrogens (tertiary/aromatic N) is 2. The van der Waals surface area contributed by atoms with Crippen molar-refractivity contribution in [1.82, 2.24) is 9.21 Å². The minimum Gasteiger partial charge on any atom is -0.493 e. The van der Waals surface area contributed by atoms with E-state index in [4.69, 9.17) is 4.74 Å². The Hall–Kier alpha value is -2.90. The van der Waals surface area contributed by atoms with Gasteiger partial charge in [0.2, 0.25) is 15.9 Å². The molecule has 0 aliphatic carbocycles. The van der Waals surface area contributed by atoms with Crippen LogP contribution in [0.5, 0.6) is 5.75 Å². The SMILES string of the molecule is CCCOc1ccc2ccccc2c1CN(C)C(=O)C1CCN(S(=O)(=O)c2ccccc2)CC1. The third kappa shape index (κ3) is 5.10. The summed E-state index contributed by atoms with van der Waals surface area (Å²) in [6, 6.07) is 20.6. The van der Waals surface area contributed by atoms with Crippen LogP contribution < -0.4 is 4.74 Å². The molecular formula is C27H32N2O4S. The molecule has 1 amide bonds. The van der Waals surface area contributed by atoms with E-state index in [1.54, 1.807) is 35.2 Å². The average Bonchev–Trinajstić information content (AvgIpc) is 2.88. The number of carbonyl (C=O) groups is 1. The fourth-order valence-electron chi connectivity index (χ4n) is 4.54. The van der Waals surface area contributed by atoms with Gasteiger partial charge in [0, 0.05) is 38.2 Å². The number of fused-ring (bicyclic) bond motifs is 1. The Labute approximate surface area is 202 Å². The van der Waals surface area contributed by atoms with Crippen LogP contribution in [0.2, 0.25) is 0 Å². The molecule has 0 bridgehead atoms. The highest BCUT2D eigenvalue weighted by atomic mass is 32.2. The Kier molecular flexibility index (Phi) is 7.54. The molecule has 3 aromatic rings. The zero-order valence-corrected chi connectivity index (χ0v) is 20.6. The average molecular weight is 481 g/mol. The van der Waals surface area contributed by atoms with Crippen molar-refractivity contribution in [2.45, 2.75) is 37.6 Å². The van der Waals surface area contributed by atoms with Gasteiger partial charge in [0.15, 0.2) is 0 Å². The highest BCUT2D eigenvalue weighted by Crippen LogP contribution is 2.31. The molecule has 0 N–H and O–H groups in total. The summed E-state index contributed by atoms with van der Waals surface area (Å²) in [5, 5.41) is 2.20. The Morgan fingerprint density at radius 3 is 2.38 bits per heavy atom. The van der Waals surface area contributed by atoms with Crippen molar-refractivity contribution < 1.29 is 17.9 Å². The van der Waals surface area contributed by atoms with Crippen molar-refractivity contribution in [3.63, 3.8) is 0 Å². The smallest absolute Gasteiger partial charge is 0.243 e. The van der Waals surface area contributed by atoms with Crippen molar-refractivity contribution in [1.29, 1.82) is 0 Å². The maximum atomic E-state index is 13.3. The maximum absolute atomic E-state index is 13.3. The van der Waals surface area contributed by atoms with Crippen molar-refractivity contribution in [2.24, 2.45) is 5.92 Å². The van der Waals surface area contributed by atoms with E-state index in [0.29, 0.717) is 44.0 Å². The summed E-state index contributed by atoms with van der Waals surface area (Å²) in [4.78, 5) is 15.4. The first-order valence-electron chi connectivity index (χ1n) is 11.9. The monoisotopic (exact) mass is 480 g/mol. The number of sulfonamides is 1. The Bertz CT molecular complexity index is 1240. The summed E-state index contributed by atoms with van der Waals surface area (Å²) in [5.41, 5.74) is 1.01. The van der Waals surface area contributed by atoms with E-state index in [1.807, 2.05) is 25.2 Å². The lowest BCUT2D eigenvalue weighted by molar-refractivity contribution is -0.135. The standard InChI is InChI=1S/C27H32N2O4S/c1-3-19-33-26-14-13-21-9-7-8-12-24(21)25(26)20-28(2)27(30)22-15-17-29(18-16-22)34(31,32)23-10-5-4-6-11-23/h4-14,22H,3,15-20H2,1-2H3. The molecule has 7 heteroatoms. The summed E-state index contributed by atoms with van der Waals surface area (Å²) < 4.78 is 33.3. The first kappa shape index (κ1) is 24.2. The van der Waals surface area contributed by atoms with Gasteiger partial charge in [-0.05, 0) is 48.2 Å². The van der Waals surface area contributed by atoms with Gasteiger partial charge >= 0.3 is 0 Å². The van der Waals surface area contributed by atoms with Crippen LogP contribution in [-0.2, 0) is 21.4 Å². The van der Waals surface area contributed by atoms with Crippen LogP contribution in [0.1, 0.15) is 31.7 Å². The summed E-state index contributed by atoms with van der Waals surface area (Å²) in [5.74, 6) is 0.664. The van der Waals surface area contributed by atoms with E-state index in [2.05, 4.69) is 25.1 Å². The summed E-state index contributed by atoms with van der Waals surface area (Å²) in [6.45, 7) is 3.83. The van der Waals surface area contributed by atoms with Gasteiger partial charge in [-0.25, -0.2) is 8.42 Å². The molecule has 0 aromatic heterocycles. The predicted octanol–water partition coefficient (Wildman–Crippen LogP) is 4.69. The zero-order valence-electron chi connectivity index (χ0n) is 19.8. The molecular weight excluding hydrogens is 448 g/mol. The lowest BCUT2D eigenvalue weighted by Crippen LogP contribution is -2.43. The van der Waals surface area contributed by atoms with E-state index in [9.17, 15) is 13.2 Å². The van der Waals surface area contributed by atoms with Gasteiger partial charge in [0.05, 0.1) is 11.5 Å². The Morgan fingerprint density at radius 1 is 1.00 bits per heavy atom. The topological polar surface area (TPSA) is 66.9 Å². The van der Waals surface area contributed by atoms with Gasteiger partial charge in [-0.3, -0.25) is 4.79 Å².